The van der Waals surface area contributed by atoms with Crippen LogP contribution in [0, 0.1) is 17.3 Å². The van der Waals surface area contributed by atoms with E-state index in [1.54, 1.807) is 0 Å². The summed E-state index contributed by atoms with van der Waals surface area (Å²) in [5, 5.41) is 3.47. The molecule has 1 N–H and O–H groups in total. The van der Waals surface area contributed by atoms with Crippen molar-refractivity contribution in [2.24, 2.45) is 17.3 Å². The van der Waals surface area contributed by atoms with Crippen molar-refractivity contribution in [2.45, 2.75) is 40.0 Å². The first kappa shape index (κ1) is 12.4. The molecule has 16 heavy (non-hydrogen) atoms. The Bertz CT molecular complexity index is 221. The van der Waals surface area contributed by atoms with Gasteiger partial charge in [-0.25, -0.2) is 0 Å². The van der Waals surface area contributed by atoms with Crippen LogP contribution in [0.3, 0.4) is 0 Å². The zero-order valence-electron chi connectivity index (χ0n) is 11.3. The Morgan fingerprint density at radius 3 is 2.50 bits per heavy atom. The Balaban J connectivity index is 1.84. The van der Waals surface area contributed by atoms with Crippen LogP contribution in [0.2, 0.25) is 0 Å². The number of likely N-dealkylation sites (tertiary alicyclic amines) is 1. The molecule has 0 aromatic rings. The van der Waals surface area contributed by atoms with Gasteiger partial charge in [-0.3, -0.25) is 0 Å². The van der Waals surface area contributed by atoms with E-state index in [0.717, 1.165) is 11.8 Å². The Morgan fingerprint density at radius 2 is 1.88 bits per heavy atom. The molecular formula is C14H28N2. The van der Waals surface area contributed by atoms with E-state index in [0.29, 0.717) is 5.41 Å². The summed E-state index contributed by atoms with van der Waals surface area (Å²) in [5.74, 6) is 1.82. The molecule has 2 saturated heterocycles. The molecule has 2 unspecified atom stereocenters. The molecule has 2 heterocycles. The normalized spacial score (nSPS) is 36.2. The highest BCUT2D eigenvalue weighted by Crippen LogP contribution is 2.31. The minimum Gasteiger partial charge on any atom is -0.317 e. The summed E-state index contributed by atoms with van der Waals surface area (Å²) < 4.78 is 0. The van der Waals surface area contributed by atoms with Crippen molar-refractivity contribution in [1.29, 1.82) is 0 Å². The lowest BCUT2D eigenvalue weighted by molar-refractivity contribution is 0.0738. The van der Waals surface area contributed by atoms with Crippen LogP contribution < -0.4 is 5.32 Å². The number of nitrogens with one attached hydrogen (secondary N) is 1. The van der Waals surface area contributed by atoms with Gasteiger partial charge in [0.25, 0.3) is 0 Å². The molecule has 2 fully saturated rings. The Morgan fingerprint density at radius 1 is 1.19 bits per heavy atom. The minimum atomic E-state index is 0.575. The Labute approximate surface area is 101 Å². The van der Waals surface area contributed by atoms with E-state index < -0.39 is 0 Å². The summed E-state index contributed by atoms with van der Waals surface area (Å²) in [6.07, 6.45) is 4.11. The van der Waals surface area contributed by atoms with E-state index in [1.165, 1.54) is 52.0 Å². The molecule has 0 aromatic carbocycles. The van der Waals surface area contributed by atoms with Gasteiger partial charge in [0.1, 0.15) is 0 Å². The summed E-state index contributed by atoms with van der Waals surface area (Å²) in [4.78, 5) is 2.72. The number of piperidine rings is 2. The maximum Gasteiger partial charge on any atom is 0.00364 e. The topological polar surface area (TPSA) is 15.3 Å². The van der Waals surface area contributed by atoms with Gasteiger partial charge in [-0.2, -0.15) is 0 Å². The van der Waals surface area contributed by atoms with E-state index in [1.807, 2.05) is 0 Å². The van der Waals surface area contributed by atoms with Gasteiger partial charge in [-0.15, -0.1) is 0 Å². The number of hydrogen-bond acceptors (Lipinski definition) is 2. The van der Waals surface area contributed by atoms with Gasteiger partial charge in [0, 0.05) is 13.1 Å². The second-order valence-corrected chi connectivity index (χ2v) is 6.54. The molecule has 2 atom stereocenters. The maximum absolute atomic E-state index is 3.47. The quantitative estimate of drug-likeness (QED) is 0.774. The van der Waals surface area contributed by atoms with Crippen LogP contribution in [0.1, 0.15) is 40.0 Å². The predicted molar refractivity (Wildman–Crippen MR) is 69.6 cm³/mol. The second kappa shape index (κ2) is 5.05. The highest BCUT2D eigenvalue weighted by molar-refractivity contribution is 4.86. The van der Waals surface area contributed by atoms with Crippen molar-refractivity contribution in [2.75, 3.05) is 32.7 Å². The van der Waals surface area contributed by atoms with Crippen LogP contribution in [-0.2, 0) is 0 Å². The van der Waals surface area contributed by atoms with Crippen LogP contribution in [-0.4, -0.2) is 37.6 Å². The maximum atomic E-state index is 3.47. The third kappa shape index (κ3) is 2.98. The lowest BCUT2D eigenvalue weighted by Gasteiger charge is -2.42. The summed E-state index contributed by atoms with van der Waals surface area (Å²) in [6.45, 7) is 13.7. The fraction of sp³-hybridized carbons (Fsp3) is 1.00. The van der Waals surface area contributed by atoms with Crippen LogP contribution in [0.5, 0.6) is 0 Å². The predicted octanol–water partition coefficient (Wildman–Crippen LogP) is 2.35. The molecule has 2 aliphatic heterocycles. The van der Waals surface area contributed by atoms with Gasteiger partial charge in [0.2, 0.25) is 0 Å². The van der Waals surface area contributed by atoms with Gasteiger partial charge in [-0.1, -0.05) is 20.8 Å². The third-order valence-electron chi connectivity index (χ3n) is 4.83. The molecule has 0 amide bonds. The molecule has 2 nitrogen and oxygen atoms in total. The van der Waals surface area contributed by atoms with E-state index >= 15 is 0 Å². The average Bonchev–Trinajstić information content (AvgIpc) is 2.24. The van der Waals surface area contributed by atoms with Crippen LogP contribution >= 0.6 is 0 Å². The zero-order chi connectivity index (χ0) is 11.6. The molecule has 0 radical (unpaired) electrons. The molecule has 94 valence electrons. The molecule has 2 heteroatoms. The van der Waals surface area contributed by atoms with Crippen molar-refractivity contribution in [3.63, 3.8) is 0 Å². The van der Waals surface area contributed by atoms with Crippen LogP contribution in [0.4, 0.5) is 0 Å². The van der Waals surface area contributed by atoms with Gasteiger partial charge in [0.15, 0.2) is 0 Å². The summed E-state index contributed by atoms with van der Waals surface area (Å²) in [7, 11) is 0. The molecular weight excluding hydrogens is 196 g/mol. The first-order valence-corrected chi connectivity index (χ1v) is 7.02. The highest BCUT2D eigenvalue weighted by Gasteiger charge is 2.31. The lowest BCUT2D eigenvalue weighted by Crippen LogP contribution is -2.47. The summed E-state index contributed by atoms with van der Waals surface area (Å²) in [6, 6.07) is 0. The highest BCUT2D eigenvalue weighted by atomic mass is 15.1. The monoisotopic (exact) mass is 224 g/mol. The second-order valence-electron chi connectivity index (χ2n) is 6.54. The van der Waals surface area contributed by atoms with Crippen molar-refractivity contribution in [3.8, 4) is 0 Å². The van der Waals surface area contributed by atoms with E-state index in [9.17, 15) is 0 Å². The molecule has 0 bridgehead atoms. The Kier molecular flexibility index (Phi) is 3.91. The van der Waals surface area contributed by atoms with Crippen molar-refractivity contribution in [3.05, 3.63) is 0 Å². The van der Waals surface area contributed by atoms with Gasteiger partial charge < -0.3 is 10.2 Å². The SMILES string of the molecule is CC1CCN(CC2(C)CCNCC2)CC1C. The van der Waals surface area contributed by atoms with E-state index in [4.69, 9.17) is 0 Å². The molecule has 0 aromatic heterocycles. The third-order valence-corrected chi connectivity index (χ3v) is 4.83. The van der Waals surface area contributed by atoms with Gasteiger partial charge >= 0.3 is 0 Å². The standard InChI is InChI=1S/C14H28N2/c1-12-4-9-16(10-13(12)2)11-14(3)5-7-15-8-6-14/h12-13,15H,4-11H2,1-3H3. The van der Waals surface area contributed by atoms with Crippen molar-refractivity contribution < 1.29 is 0 Å². The summed E-state index contributed by atoms with van der Waals surface area (Å²) >= 11 is 0. The smallest absolute Gasteiger partial charge is 0.00364 e. The first-order valence-electron chi connectivity index (χ1n) is 7.02. The van der Waals surface area contributed by atoms with E-state index in [2.05, 4.69) is 31.0 Å². The van der Waals surface area contributed by atoms with E-state index in [-0.39, 0.29) is 0 Å². The molecule has 2 rings (SSSR count). The molecule has 0 spiro atoms. The van der Waals surface area contributed by atoms with Crippen LogP contribution in [0.25, 0.3) is 0 Å². The fourth-order valence-corrected chi connectivity index (χ4v) is 3.22. The summed E-state index contributed by atoms with van der Waals surface area (Å²) in [5.41, 5.74) is 0.575. The van der Waals surface area contributed by atoms with Gasteiger partial charge in [-0.05, 0) is 56.1 Å². The van der Waals surface area contributed by atoms with Crippen molar-refractivity contribution in [1.82, 2.24) is 10.2 Å². The largest absolute Gasteiger partial charge is 0.317 e. The zero-order valence-corrected chi connectivity index (χ0v) is 11.3. The molecule has 0 aliphatic carbocycles. The minimum absolute atomic E-state index is 0.575. The van der Waals surface area contributed by atoms with Crippen molar-refractivity contribution >= 4 is 0 Å². The molecule has 2 aliphatic rings. The number of nitrogens with zero attached hydrogens (tertiary/aromatic N) is 1. The lowest BCUT2D eigenvalue weighted by atomic mass is 9.79. The average molecular weight is 224 g/mol. The fourth-order valence-electron chi connectivity index (χ4n) is 3.22. The number of hydrogen-bond donors (Lipinski definition) is 1. The Hall–Kier alpha value is -0.0800. The van der Waals surface area contributed by atoms with Crippen LogP contribution in [0.15, 0.2) is 0 Å². The van der Waals surface area contributed by atoms with Gasteiger partial charge in [0.05, 0.1) is 0 Å². The molecule has 0 saturated carbocycles. The number of rotatable bonds is 2. The first-order chi connectivity index (χ1) is 7.59.